The fourth-order valence-corrected chi connectivity index (χ4v) is 4.91. The lowest BCUT2D eigenvalue weighted by molar-refractivity contribution is 0.114. The van der Waals surface area contributed by atoms with Crippen LogP contribution in [0.25, 0.3) is 11.3 Å². The quantitative estimate of drug-likeness (QED) is 0.724. The molecule has 2 aromatic heterocycles. The van der Waals surface area contributed by atoms with Crippen LogP contribution in [0.5, 0.6) is 0 Å². The van der Waals surface area contributed by atoms with Crippen LogP contribution in [-0.2, 0) is 15.9 Å². The van der Waals surface area contributed by atoms with Gasteiger partial charge in [-0.05, 0) is 26.7 Å². The van der Waals surface area contributed by atoms with Crippen LogP contribution in [-0.4, -0.2) is 89.0 Å². The summed E-state index contributed by atoms with van der Waals surface area (Å²) in [6.07, 6.45) is 4.85. The van der Waals surface area contributed by atoms with Gasteiger partial charge in [-0.2, -0.15) is 4.98 Å². The maximum Gasteiger partial charge on any atom is 0.409 e. The number of nitrogens with zero attached hydrogens (tertiary/aromatic N) is 7. The van der Waals surface area contributed by atoms with Gasteiger partial charge in [-0.1, -0.05) is 0 Å². The molecule has 1 atom stereocenters. The van der Waals surface area contributed by atoms with Crippen molar-refractivity contribution in [1.82, 2.24) is 24.8 Å². The van der Waals surface area contributed by atoms with Crippen molar-refractivity contribution >= 4 is 23.8 Å². The monoisotopic (exact) mass is 454 g/mol. The predicted molar refractivity (Wildman–Crippen MR) is 123 cm³/mol. The summed E-state index contributed by atoms with van der Waals surface area (Å²) in [5.41, 5.74) is 8.23. The highest BCUT2D eigenvalue weighted by Gasteiger charge is 2.45. The molecule has 0 aromatic carbocycles. The van der Waals surface area contributed by atoms with E-state index in [1.54, 1.807) is 17.3 Å². The summed E-state index contributed by atoms with van der Waals surface area (Å²) in [5, 5.41) is 0. The largest absolute Gasteiger partial charge is 0.450 e. The number of carbonyl (C=O) groups is 1. The van der Waals surface area contributed by atoms with Gasteiger partial charge >= 0.3 is 6.09 Å². The highest BCUT2D eigenvalue weighted by molar-refractivity contribution is 5.74. The van der Waals surface area contributed by atoms with Crippen LogP contribution >= 0.6 is 0 Å². The Morgan fingerprint density at radius 3 is 2.67 bits per heavy atom. The first-order chi connectivity index (χ1) is 16.0. The van der Waals surface area contributed by atoms with Gasteiger partial charge in [-0.3, -0.25) is 0 Å². The van der Waals surface area contributed by atoms with Gasteiger partial charge in [0.2, 0.25) is 11.9 Å². The number of rotatable bonds is 4. The zero-order valence-electron chi connectivity index (χ0n) is 19.2. The molecule has 0 aliphatic carbocycles. The summed E-state index contributed by atoms with van der Waals surface area (Å²) in [7, 11) is 0. The van der Waals surface area contributed by atoms with Crippen LogP contribution in [0, 0.1) is 0 Å². The summed E-state index contributed by atoms with van der Waals surface area (Å²) in [5.74, 6) is 1.84. The number of ether oxygens (including phenoxy) is 2. The van der Waals surface area contributed by atoms with Gasteiger partial charge in [-0.25, -0.2) is 19.7 Å². The van der Waals surface area contributed by atoms with E-state index in [-0.39, 0.29) is 17.6 Å². The number of aromatic nitrogens is 4. The lowest BCUT2D eigenvalue weighted by Crippen LogP contribution is -2.49. The molecule has 2 saturated heterocycles. The summed E-state index contributed by atoms with van der Waals surface area (Å²) >= 11 is 0. The first kappa shape index (κ1) is 21.6. The zero-order chi connectivity index (χ0) is 23.0. The molecule has 0 saturated carbocycles. The second-order valence-electron chi connectivity index (χ2n) is 8.87. The lowest BCUT2D eigenvalue weighted by atomic mass is 9.99. The molecule has 11 nitrogen and oxygen atoms in total. The fraction of sp³-hybridized carbons (Fsp3) is 0.591. The molecule has 2 fully saturated rings. The van der Waals surface area contributed by atoms with Gasteiger partial charge in [0.15, 0.2) is 0 Å². The average Bonchev–Trinajstić information content (AvgIpc) is 3.45. The standard InChI is InChI=1S/C22H30N8O3/c1-3-33-21(31)29-7-5-22(2,14-29)30-6-4-16-17(15-12-24-19(23)25-13-15)26-20(27-18(16)30)28-8-10-32-11-9-28/h12-13H,3-11,14H2,1-2H3,(H2,23,24,25)/t22-/m1/s1. The zero-order valence-corrected chi connectivity index (χ0v) is 19.2. The molecule has 5 heterocycles. The molecule has 11 heteroatoms. The molecule has 3 aliphatic rings. The normalized spacial score (nSPS) is 22.5. The van der Waals surface area contributed by atoms with Crippen molar-refractivity contribution < 1.29 is 14.3 Å². The third-order valence-corrected chi connectivity index (χ3v) is 6.68. The van der Waals surface area contributed by atoms with E-state index < -0.39 is 0 Å². The van der Waals surface area contributed by atoms with E-state index >= 15 is 0 Å². The number of hydrogen-bond donors (Lipinski definition) is 1. The Morgan fingerprint density at radius 2 is 1.94 bits per heavy atom. The predicted octanol–water partition coefficient (Wildman–Crippen LogP) is 1.34. The highest BCUT2D eigenvalue weighted by Crippen LogP contribution is 2.41. The molecule has 3 aliphatic heterocycles. The second kappa shape index (κ2) is 8.62. The van der Waals surface area contributed by atoms with Crippen molar-refractivity contribution in [2.24, 2.45) is 0 Å². The second-order valence-corrected chi connectivity index (χ2v) is 8.87. The third kappa shape index (κ3) is 4.01. The molecular weight excluding hydrogens is 424 g/mol. The minimum absolute atomic E-state index is 0.233. The minimum Gasteiger partial charge on any atom is -0.450 e. The van der Waals surface area contributed by atoms with Gasteiger partial charge < -0.3 is 29.9 Å². The Balaban J connectivity index is 1.53. The number of anilines is 3. The molecule has 2 aromatic rings. The smallest absolute Gasteiger partial charge is 0.409 e. The SMILES string of the molecule is CCOC(=O)N1CC[C@@](C)(N2CCc3c(-c4cnc(N)nc4)nc(N4CCOCC4)nc32)C1. The van der Waals surface area contributed by atoms with Crippen molar-refractivity contribution in [1.29, 1.82) is 0 Å². The van der Waals surface area contributed by atoms with Crippen LogP contribution < -0.4 is 15.5 Å². The number of fused-ring (bicyclic) bond motifs is 1. The highest BCUT2D eigenvalue weighted by atomic mass is 16.6. The molecule has 0 spiro atoms. The Hall–Kier alpha value is -3.21. The first-order valence-corrected chi connectivity index (χ1v) is 11.5. The van der Waals surface area contributed by atoms with E-state index in [1.807, 2.05) is 6.92 Å². The van der Waals surface area contributed by atoms with Crippen molar-refractivity contribution in [2.75, 3.05) is 68.1 Å². The molecule has 5 rings (SSSR count). The summed E-state index contributed by atoms with van der Waals surface area (Å²) in [6.45, 7) is 9.26. The number of amides is 1. The number of carbonyl (C=O) groups excluding carboxylic acids is 1. The summed E-state index contributed by atoms with van der Waals surface area (Å²) < 4.78 is 10.8. The van der Waals surface area contributed by atoms with E-state index in [2.05, 4.69) is 26.7 Å². The van der Waals surface area contributed by atoms with E-state index in [9.17, 15) is 4.79 Å². The molecule has 1 amide bonds. The van der Waals surface area contributed by atoms with E-state index in [4.69, 9.17) is 25.2 Å². The van der Waals surface area contributed by atoms with Crippen molar-refractivity contribution in [2.45, 2.75) is 32.2 Å². The molecular formula is C22H30N8O3. The van der Waals surface area contributed by atoms with Crippen molar-refractivity contribution in [3.8, 4) is 11.3 Å². The van der Waals surface area contributed by atoms with Gasteiger partial charge in [0.05, 0.1) is 31.1 Å². The summed E-state index contributed by atoms with van der Waals surface area (Å²) in [4.78, 5) is 37.0. The van der Waals surface area contributed by atoms with Gasteiger partial charge in [0.25, 0.3) is 0 Å². The molecule has 176 valence electrons. The molecule has 0 bridgehead atoms. The topological polar surface area (TPSA) is 123 Å². The van der Waals surface area contributed by atoms with Crippen molar-refractivity contribution in [3.05, 3.63) is 18.0 Å². The number of nitrogen functional groups attached to an aromatic ring is 1. The Bertz CT molecular complexity index is 1030. The van der Waals surface area contributed by atoms with Crippen LogP contribution in [0.4, 0.5) is 22.5 Å². The number of nitrogens with two attached hydrogens (primary N) is 1. The van der Waals surface area contributed by atoms with Crippen LogP contribution in [0.1, 0.15) is 25.8 Å². The lowest BCUT2D eigenvalue weighted by Gasteiger charge is -2.37. The first-order valence-electron chi connectivity index (χ1n) is 11.5. The van der Waals surface area contributed by atoms with Gasteiger partial charge in [-0.15, -0.1) is 0 Å². The average molecular weight is 455 g/mol. The fourth-order valence-electron chi connectivity index (χ4n) is 4.91. The molecule has 33 heavy (non-hydrogen) atoms. The van der Waals surface area contributed by atoms with E-state index in [1.165, 1.54) is 0 Å². The number of hydrogen-bond acceptors (Lipinski definition) is 10. The van der Waals surface area contributed by atoms with E-state index in [0.717, 1.165) is 55.1 Å². The van der Waals surface area contributed by atoms with Crippen LogP contribution in [0.3, 0.4) is 0 Å². The molecule has 2 N–H and O–H groups in total. The molecule has 0 radical (unpaired) electrons. The maximum atomic E-state index is 12.3. The van der Waals surface area contributed by atoms with Gasteiger partial charge in [0, 0.05) is 56.2 Å². The Kier molecular flexibility index (Phi) is 5.65. The van der Waals surface area contributed by atoms with Crippen molar-refractivity contribution in [3.63, 3.8) is 0 Å². The van der Waals surface area contributed by atoms with Crippen LogP contribution in [0.15, 0.2) is 12.4 Å². The Morgan fingerprint density at radius 1 is 1.18 bits per heavy atom. The van der Waals surface area contributed by atoms with Crippen LogP contribution in [0.2, 0.25) is 0 Å². The number of morpholine rings is 1. The minimum atomic E-state index is -0.253. The molecule has 0 unspecified atom stereocenters. The summed E-state index contributed by atoms with van der Waals surface area (Å²) in [6, 6.07) is 0. The van der Waals surface area contributed by atoms with Gasteiger partial charge in [0.1, 0.15) is 5.82 Å². The third-order valence-electron chi connectivity index (χ3n) is 6.68. The van der Waals surface area contributed by atoms with E-state index in [0.29, 0.717) is 38.9 Å². The number of likely N-dealkylation sites (tertiary alicyclic amines) is 1. The maximum absolute atomic E-state index is 12.3. The Labute approximate surface area is 192 Å².